The summed E-state index contributed by atoms with van der Waals surface area (Å²) in [6.07, 6.45) is 3.16. The van der Waals surface area contributed by atoms with Gasteiger partial charge in [-0.2, -0.15) is 4.98 Å². The molecule has 0 radical (unpaired) electrons. The summed E-state index contributed by atoms with van der Waals surface area (Å²) in [7, 11) is 3.70. The third-order valence-corrected chi connectivity index (χ3v) is 3.93. The van der Waals surface area contributed by atoms with Crippen LogP contribution < -0.4 is 9.80 Å². The van der Waals surface area contributed by atoms with Gasteiger partial charge >= 0.3 is 0 Å². The third-order valence-electron chi connectivity index (χ3n) is 3.93. The minimum atomic E-state index is -0.422. The Labute approximate surface area is 133 Å². The number of pyridine rings is 1. The number of aryl methyl sites for hydroxylation is 1. The molecule has 9 nitrogen and oxygen atoms in total. The van der Waals surface area contributed by atoms with Crippen LogP contribution >= 0.6 is 0 Å². The zero-order chi connectivity index (χ0) is 16.6. The van der Waals surface area contributed by atoms with Crippen molar-refractivity contribution in [1.82, 2.24) is 15.1 Å². The van der Waals surface area contributed by atoms with Crippen LogP contribution in [0.25, 0.3) is 0 Å². The van der Waals surface area contributed by atoms with Crippen molar-refractivity contribution < 1.29 is 9.45 Å². The zero-order valence-corrected chi connectivity index (χ0v) is 13.3. The number of nitrogens with zero attached hydrogens (tertiary/aromatic N) is 6. The highest BCUT2D eigenvalue weighted by atomic mass is 16.6. The molecule has 3 heterocycles. The van der Waals surface area contributed by atoms with Gasteiger partial charge in [0.05, 0.1) is 4.92 Å². The first-order valence-electron chi connectivity index (χ1n) is 7.36. The van der Waals surface area contributed by atoms with Gasteiger partial charge in [-0.3, -0.25) is 10.1 Å². The summed E-state index contributed by atoms with van der Waals surface area (Å²) >= 11 is 0. The lowest BCUT2D eigenvalue weighted by Crippen LogP contribution is -2.24. The van der Waals surface area contributed by atoms with Crippen molar-refractivity contribution in [2.45, 2.75) is 25.8 Å². The van der Waals surface area contributed by atoms with Gasteiger partial charge in [0.25, 0.3) is 17.5 Å². The molecule has 1 aliphatic heterocycles. The first kappa shape index (κ1) is 15.2. The highest BCUT2D eigenvalue weighted by Gasteiger charge is 2.32. The molecule has 0 aliphatic carbocycles. The molecule has 1 aliphatic rings. The van der Waals surface area contributed by atoms with E-state index in [4.69, 9.17) is 4.52 Å². The molecule has 9 heteroatoms. The molecule has 23 heavy (non-hydrogen) atoms. The Morgan fingerprint density at radius 3 is 2.87 bits per heavy atom. The van der Waals surface area contributed by atoms with Crippen molar-refractivity contribution in [3.8, 4) is 0 Å². The van der Waals surface area contributed by atoms with E-state index in [0.717, 1.165) is 19.4 Å². The second kappa shape index (κ2) is 5.82. The average molecular weight is 318 g/mol. The van der Waals surface area contributed by atoms with Crippen molar-refractivity contribution >= 4 is 17.5 Å². The van der Waals surface area contributed by atoms with Crippen molar-refractivity contribution in [1.29, 1.82) is 0 Å². The standard InChI is InChI=1S/C14H18N6O3/c1-9-7-12(15-8-11(9)20(21)22)19-6-4-5-10(19)13-16-14(17-23-13)18(2)3/h7-8,10H,4-6H2,1-3H3/t10-/m1/s1. The Hall–Kier alpha value is -2.71. The molecule has 2 aromatic heterocycles. The summed E-state index contributed by atoms with van der Waals surface area (Å²) in [5.74, 6) is 1.77. The highest BCUT2D eigenvalue weighted by molar-refractivity contribution is 5.50. The van der Waals surface area contributed by atoms with E-state index in [9.17, 15) is 10.1 Å². The molecular formula is C14H18N6O3. The van der Waals surface area contributed by atoms with E-state index in [1.165, 1.54) is 6.20 Å². The minimum absolute atomic E-state index is 0.0252. The van der Waals surface area contributed by atoms with Crippen LogP contribution in [0.4, 0.5) is 17.5 Å². The fraction of sp³-hybridized carbons (Fsp3) is 0.500. The van der Waals surface area contributed by atoms with Crippen LogP contribution in [0.1, 0.15) is 30.3 Å². The summed E-state index contributed by atoms with van der Waals surface area (Å²) < 4.78 is 5.37. The first-order chi connectivity index (χ1) is 11.0. The predicted octanol–water partition coefficient (Wildman–Crippen LogP) is 2.09. The Bertz CT molecular complexity index is 729. The maximum Gasteiger partial charge on any atom is 0.290 e. The fourth-order valence-corrected chi connectivity index (χ4v) is 2.72. The first-order valence-corrected chi connectivity index (χ1v) is 7.36. The van der Waals surface area contributed by atoms with Crippen LogP contribution in [0.3, 0.4) is 0 Å². The lowest BCUT2D eigenvalue weighted by Gasteiger charge is -2.23. The molecule has 1 atom stereocenters. The second-order valence-corrected chi connectivity index (χ2v) is 5.76. The number of nitro groups is 1. The highest BCUT2D eigenvalue weighted by Crippen LogP contribution is 2.36. The van der Waals surface area contributed by atoms with Crippen LogP contribution in [-0.2, 0) is 0 Å². The van der Waals surface area contributed by atoms with E-state index in [2.05, 4.69) is 20.0 Å². The van der Waals surface area contributed by atoms with E-state index in [-0.39, 0.29) is 11.7 Å². The molecule has 0 N–H and O–H groups in total. The monoisotopic (exact) mass is 318 g/mol. The molecule has 1 fully saturated rings. The van der Waals surface area contributed by atoms with Crippen LogP contribution in [0, 0.1) is 17.0 Å². The van der Waals surface area contributed by atoms with E-state index >= 15 is 0 Å². The van der Waals surface area contributed by atoms with Crippen molar-refractivity contribution in [3.63, 3.8) is 0 Å². The number of rotatable bonds is 4. The van der Waals surface area contributed by atoms with Gasteiger partial charge in [-0.05, 0) is 31.0 Å². The summed E-state index contributed by atoms with van der Waals surface area (Å²) in [6, 6.07) is 1.68. The summed E-state index contributed by atoms with van der Waals surface area (Å²) in [6.45, 7) is 2.51. The third kappa shape index (κ3) is 2.81. The van der Waals surface area contributed by atoms with Gasteiger partial charge in [-0.1, -0.05) is 0 Å². The molecule has 0 unspecified atom stereocenters. The van der Waals surface area contributed by atoms with Crippen LogP contribution in [-0.4, -0.2) is 40.7 Å². The Kier molecular flexibility index (Phi) is 3.85. The van der Waals surface area contributed by atoms with E-state index < -0.39 is 4.92 Å². The normalized spacial score (nSPS) is 17.5. The van der Waals surface area contributed by atoms with Crippen LogP contribution in [0.2, 0.25) is 0 Å². The van der Waals surface area contributed by atoms with Crippen LogP contribution in [0.5, 0.6) is 0 Å². The van der Waals surface area contributed by atoms with Gasteiger partial charge in [0.2, 0.25) is 0 Å². The van der Waals surface area contributed by atoms with Gasteiger partial charge in [-0.25, -0.2) is 4.98 Å². The molecule has 2 aromatic rings. The molecular weight excluding hydrogens is 300 g/mol. The number of anilines is 2. The molecule has 0 bridgehead atoms. The summed E-state index contributed by atoms with van der Waals surface area (Å²) in [5.41, 5.74) is 0.613. The molecule has 122 valence electrons. The fourth-order valence-electron chi connectivity index (χ4n) is 2.72. The Morgan fingerprint density at radius 2 is 2.26 bits per heavy atom. The molecule has 3 rings (SSSR count). The summed E-state index contributed by atoms with van der Waals surface area (Å²) in [5, 5.41) is 14.9. The molecule has 0 saturated carbocycles. The quantitative estimate of drug-likeness (QED) is 0.624. The SMILES string of the molecule is Cc1cc(N2CCC[C@@H]2c2nc(N(C)C)no2)ncc1[N+](=O)[O-]. The van der Waals surface area contributed by atoms with Crippen molar-refractivity contribution in [3.05, 3.63) is 33.8 Å². The molecule has 0 aromatic carbocycles. The van der Waals surface area contributed by atoms with Gasteiger partial charge < -0.3 is 14.3 Å². The van der Waals surface area contributed by atoms with Gasteiger partial charge in [0, 0.05) is 26.2 Å². The largest absolute Gasteiger partial charge is 0.345 e. The number of aromatic nitrogens is 3. The minimum Gasteiger partial charge on any atom is -0.345 e. The lowest BCUT2D eigenvalue weighted by atomic mass is 10.2. The predicted molar refractivity (Wildman–Crippen MR) is 83.6 cm³/mol. The second-order valence-electron chi connectivity index (χ2n) is 5.76. The Balaban J connectivity index is 1.89. The zero-order valence-electron chi connectivity index (χ0n) is 13.3. The summed E-state index contributed by atoms with van der Waals surface area (Å²) in [4.78, 5) is 23.0. The maximum absolute atomic E-state index is 10.9. The smallest absolute Gasteiger partial charge is 0.290 e. The lowest BCUT2D eigenvalue weighted by molar-refractivity contribution is -0.385. The van der Waals surface area contributed by atoms with Crippen molar-refractivity contribution in [2.75, 3.05) is 30.4 Å². The topological polar surface area (TPSA) is 101 Å². The van der Waals surface area contributed by atoms with Crippen LogP contribution in [0.15, 0.2) is 16.8 Å². The van der Waals surface area contributed by atoms with Crippen molar-refractivity contribution in [2.24, 2.45) is 0 Å². The van der Waals surface area contributed by atoms with Gasteiger partial charge in [0.15, 0.2) is 0 Å². The van der Waals surface area contributed by atoms with E-state index in [0.29, 0.717) is 23.2 Å². The van der Waals surface area contributed by atoms with Gasteiger partial charge in [-0.15, -0.1) is 0 Å². The van der Waals surface area contributed by atoms with Gasteiger partial charge in [0.1, 0.15) is 18.1 Å². The Morgan fingerprint density at radius 1 is 1.48 bits per heavy atom. The number of hydrogen-bond acceptors (Lipinski definition) is 8. The molecule has 1 saturated heterocycles. The average Bonchev–Trinajstić information content (AvgIpc) is 3.15. The van der Waals surface area contributed by atoms with E-state index in [1.54, 1.807) is 17.9 Å². The van der Waals surface area contributed by atoms with E-state index in [1.807, 2.05) is 14.1 Å². The molecule has 0 spiro atoms. The maximum atomic E-state index is 10.9. The number of hydrogen-bond donors (Lipinski definition) is 0. The molecule has 0 amide bonds.